The third-order valence-corrected chi connectivity index (χ3v) is 4.59. The van der Waals surface area contributed by atoms with E-state index in [4.69, 9.17) is 0 Å². The van der Waals surface area contributed by atoms with Gasteiger partial charge in [0.1, 0.15) is 0 Å². The van der Waals surface area contributed by atoms with Crippen LogP contribution in [-0.4, -0.2) is 35.2 Å². The van der Waals surface area contributed by atoms with Gasteiger partial charge in [-0.25, -0.2) is 0 Å². The van der Waals surface area contributed by atoms with Crippen LogP contribution in [0.15, 0.2) is 60.9 Å². The van der Waals surface area contributed by atoms with E-state index in [1.54, 1.807) is 12.4 Å². The lowest BCUT2D eigenvalue weighted by molar-refractivity contribution is 0.102. The molecule has 2 aromatic carbocycles. The molecule has 1 saturated heterocycles. The molecule has 5 nitrogen and oxygen atoms in total. The molecule has 5 heteroatoms. The Kier molecular flexibility index (Phi) is 4.07. The number of β-amino-alcohol motifs (C(OH)–C–C–N with tert-alkyl or cyclic N) is 1. The SMILES string of the molecule is O=C(Nc1cccc2cnccc12)c1ccc(N2CCC(O)C2)cc1. The minimum Gasteiger partial charge on any atom is -0.391 e. The first-order chi connectivity index (χ1) is 12.2. The lowest BCUT2D eigenvalue weighted by Gasteiger charge is -2.18. The molecule has 1 fully saturated rings. The van der Waals surface area contributed by atoms with Gasteiger partial charge in [0.05, 0.1) is 6.10 Å². The van der Waals surface area contributed by atoms with E-state index in [1.165, 1.54) is 0 Å². The monoisotopic (exact) mass is 333 g/mol. The van der Waals surface area contributed by atoms with Crippen molar-refractivity contribution < 1.29 is 9.90 Å². The summed E-state index contributed by atoms with van der Waals surface area (Å²) < 4.78 is 0. The van der Waals surface area contributed by atoms with Gasteiger partial charge in [0.15, 0.2) is 0 Å². The molecule has 4 rings (SSSR count). The van der Waals surface area contributed by atoms with Gasteiger partial charge >= 0.3 is 0 Å². The number of hydrogen-bond acceptors (Lipinski definition) is 4. The predicted molar refractivity (Wildman–Crippen MR) is 99.0 cm³/mol. The average molecular weight is 333 g/mol. The van der Waals surface area contributed by atoms with E-state index >= 15 is 0 Å². The fourth-order valence-electron chi connectivity index (χ4n) is 3.23. The molecule has 0 radical (unpaired) electrons. The largest absolute Gasteiger partial charge is 0.391 e. The molecule has 25 heavy (non-hydrogen) atoms. The van der Waals surface area contributed by atoms with Crippen molar-refractivity contribution in [2.45, 2.75) is 12.5 Å². The molecule has 2 heterocycles. The van der Waals surface area contributed by atoms with Gasteiger partial charge in [0.25, 0.3) is 5.91 Å². The molecule has 2 N–H and O–H groups in total. The van der Waals surface area contributed by atoms with E-state index in [9.17, 15) is 9.90 Å². The molecule has 126 valence electrons. The van der Waals surface area contributed by atoms with Crippen LogP contribution in [0.3, 0.4) is 0 Å². The normalized spacial score (nSPS) is 17.0. The summed E-state index contributed by atoms with van der Waals surface area (Å²) >= 11 is 0. The van der Waals surface area contributed by atoms with Crippen LogP contribution in [0.2, 0.25) is 0 Å². The summed E-state index contributed by atoms with van der Waals surface area (Å²) in [6.45, 7) is 1.49. The van der Waals surface area contributed by atoms with E-state index in [0.717, 1.165) is 35.1 Å². The number of anilines is 2. The van der Waals surface area contributed by atoms with Crippen LogP contribution in [0.1, 0.15) is 16.8 Å². The standard InChI is InChI=1S/C20H19N3O2/c24-17-9-11-23(13-17)16-6-4-14(5-7-16)20(25)22-19-3-1-2-15-12-21-10-8-18(15)19/h1-8,10,12,17,24H,9,11,13H2,(H,22,25). The second kappa shape index (κ2) is 6.53. The van der Waals surface area contributed by atoms with Gasteiger partial charge in [-0.2, -0.15) is 0 Å². The number of fused-ring (bicyclic) bond motifs is 1. The van der Waals surface area contributed by atoms with E-state index < -0.39 is 0 Å². The number of nitrogens with zero attached hydrogens (tertiary/aromatic N) is 2. The molecule has 3 aromatic rings. The number of aliphatic hydroxyl groups is 1. The zero-order valence-corrected chi connectivity index (χ0v) is 13.7. The van der Waals surface area contributed by atoms with Gasteiger partial charge < -0.3 is 15.3 Å². The predicted octanol–water partition coefficient (Wildman–Crippen LogP) is 3.06. The molecule has 1 aliphatic heterocycles. The summed E-state index contributed by atoms with van der Waals surface area (Å²) in [6.07, 6.45) is 4.03. The van der Waals surface area contributed by atoms with Gasteiger partial charge in [-0.1, -0.05) is 12.1 Å². The lowest BCUT2D eigenvalue weighted by atomic mass is 10.1. The molecule has 0 aliphatic carbocycles. The van der Waals surface area contributed by atoms with Gasteiger partial charge in [-0.05, 0) is 42.8 Å². The Balaban J connectivity index is 1.53. The van der Waals surface area contributed by atoms with E-state index in [0.29, 0.717) is 12.1 Å². The number of rotatable bonds is 3. The van der Waals surface area contributed by atoms with Crippen LogP contribution in [0.25, 0.3) is 10.8 Å². The second-order valence-electron chi connectivity index (χ2n) is 6.29. The number of hydrogen-bond donors (Lipinski definition) is 2. The van der Waals surface area contributed by atoms with Crippen molar-refractivity contribution >= 4 is 28.1 Å². The number of carbonyl (C=O) groups excluding carboxylic acids is 1. The molecular weight excluding hydrogens is 314 g/mol. The van der Waals surface area contributed by atoms with Gasteiger partial charge in [0.2, 0.25) is 0 Å². The van der Waals surface area contributed by atoms with Crippen LogP contribution in [0.4, 0.5) is 11.4 Å². The zero-order chi connectivity index (χ0) is 17.2. The minimum atomic E-state index is -0.260. The summed E-state index contributed by atoms with van der Waals surface area (Å²) in [5, 5.41) is 14.6. The number of benzene rings is 2. The average Bonchev–Trinajstić information content (AvgIpc) is 3.08. The second-order valence-corrected chi connectivity index (χ2v) is 6.29. The fourth-order valence-corrected chi connectivity index (χ4v) is 3.23. The van der Waals surface area contributed by atoms with E-state index in [1.807, 2.05) is 48.5 Å². The molecule has 0 spiro atoms. The van der Waals surface area contributed by atoms with Crippen molar-refractivity contribution in [2.24, 2.45) is 0 Å². The highest BCUT2D eigenvalue weighted by Crippen LogP contribution is 2.24. The number of carbonyl (C=O) groups is 1. The number of aliphatic hydroxyl groups excluding tert-OH is 1. The van der Waals surface area contributed by atoms with E-state index in [-0.39, 0.29) is 12.0 Å². The first kappa shape index (κ1) is 15.6. The topological polar surface area (TPSA) is 65.5 Å². The molecule has 1 aromatic heterocycles. The van der Waals surface area contributed by atoms with Crippen molar-refractivity contribution in [1.29, 1.82) is 0 Å². The summed E-state index contributed by atoms with van der Waals surface area (Å²) in [5.74, 6) is -0.141. The van der Waals surface area contributed by atoms with Crippen molar-refractivity contribution in [3.63, 3.8) is 0 Å². The number of nitrogens with one attached hydrogen (secondary N) is 1. The Morgan fingerprint density at radius 2 is 2.00 bits per heavy atom. The van der Waals surface area contributed by atoms with Gasteiger partial charge in [-0.3, -0.25) is 9.78 Å². The summed E-state index contributed by atoms with van der Waals surface area (Å²) in [4.78, 5) is 18.8. The molecule has 1 unspecified atom stereocenters. The van der Waals surface area contributed by atoms with Crippen LogP contribution in [0.5, 0.6) is 0 Å². The number of amides is 1. The summed E-state index contributed by atoms with van der Waals surface area (Å²) in [5.41, 5.74) is 2.41. The Hall–Kier alpha value is -2.92. The van der Waals surface area contributed by atoms with Crippen molar-refractivity contribution in [3.05, 3.63) is 66.5 Å². The van der Waals surface area contributed by atoms with Crippen LogP contribution < -0.4 is 10.2 Å². The third kappa shape index (κ3) is 3.19. The Bertz CT molecular complexity index is 903. The minimum absolute atomic E-state index is 0.141. The van der Waals surface area contributed by atoms with Gasteiger partial charge in [0, 0.05) is 53.2 Å². The van der Waals surface area contributed by atoms with Crippen LogP contribution in [-0.2, 0) is 0 Å². The maximum Gasteiger partial charge on any atom is 0.255 e. The van der Waals surface area contributed by atoms with Crippen molar-refractivity contribution in [1.82, 2.24) is 4.98 Å². The Morgan fingerprint density at radius 1 is 1.16 bits per heavy atom. The zero-order valence-electron chi connectivity index (χ0n) is 13.7. The first-order valence-corrected chi connectivity index (χ1v) is 8.38. The summed E-state index contributed by atoms with van der Waals surface area (Å²) in [6, 6.07) is 15.2. The smallest absolute Gasteiger partial charge is 0.255 e. The Labute approximate surface area is 145 Å². The van der Waals surface area contributed by atoms with Crippen molar-refractivity contribution in [2.75, 3.05) is 23.3 Å². The molecule has 1 atom stereocenters. The molecular formula is C20H19N3O2. The molecule has 0 bridgehead atoms. The molecule has 1 aliphatic rings. The van der Waals surface area contributed by atoms with Gasteiger partial charge in [-0.15, -0.1) is 0 Å². The lowest BCUT2D eigenvalue weighted by Crippen LogP contribution is -2.21. The maximum atomic E-state index is 12.6. The first-order valence-electron chi connectivity index (χ1n) is 8.38. The van der Waals surface area contributed by atoms with E-state index in [2.05, 4.69) is 15.2 Å². The van der Waals surface area contributed by atoms with Crippen LogP contribution >= 0.6 is 0 Å². The molecule has 0 saturated carbocycles. The fraction of sp³-hybridized carbons (Fsp3) is 0.200. The highest BCUT2D eigenvalue weighted by Gasteiger charge is 2.20. The summed E-state index contributed by atoms with van der Waals surface area (Å²) in [7, 11) is 0. The van der Waals surface area contributed by atoms with Crippen LogP contribution in [0, 0.1) is 0 Å². The quantitative estimate of drug-likeness (QED) is 0.773. The Morgan fingerprint density at radius 3 is 2.76 bits per heavy atom. The maximum absolute atomic E-state index is 12.6. The molecule has 1 amide bonds. The third-order valence-electron chi connectivity index (χ3n) is 4.59. The van der Waals surface area contributed by atoms with Crippen molar-refractivity contribution in [3.8, 4) is 0 Å². The highest BCUT2D eigenvalue weighted by atomic mass is 16.3. The number of pyridine rings is 1. The highest BCUT2D eigenvalue weighted by molar-refractivity contribution is 6.09. The number of aromatic nitrogens is 1.